The van der Waals surface area contributed by atoms with E-state index in [1.807, 2.05) is 6.08 Å². The second-order valence-corrected chi connectivity index (χ2v) is 6.65. The van der Waals surface area contributed by atoms with Crippen LogP contribution in [0.2, 0.25) is 0 Å². The molecule has 0 aliphatic rings. The summed E-state index contributed by atoms with van der Waals surface area (Å²) in [5, 5.41) is 17.6. The fourth-order valence-corrected chi connectivity index (χ4v) is 2.79. The van der Waals surface area contributed by atoms with E-state index in [1.54, 1.807) is 0 Å². The normalized spacial score (nSPS) is 12.0. The van der Waals surface area contributed by atoms with Gasteiger partial charge in [-0.05, 0) is 12.8 Å². The molecule has 1 atom stereocenters. The third-order valence-corrected chi connectivity index (χ3v) is 4.30. The van der Waals surface area contributed by atoms with Crippen molar-refractivity contribution in [2.75, 3.05) is 0 Å². The van der Waals surface area contributed by atoms with E-state index in [-0.39, 0.29) is 57.8 Å². The average Bonchev–Trinajstić information content (AvgIpc) is 2.53. The first kappa shape index (κ1) is 27.5. The van der Waals surface area contributed by atoms with Crippen molar-refractivity contribution in [3.63, 3.8) is 0 Å². The molecule has 5 heteroatoms. The molecule has 0 amide bonds. The Kier molecular flexibility index (Phi) is 22.7. The number of allylic oxidation sites excluding steroid dienone is 1. The number of aliphatic carboxylic acids is 2. The van der Waals surface area contributed by atoms with Crippen molar-refractivity contribution in [2.45, 2.75) is 96.8 Å². The second kappa shape index (κ2) is 20.6. The molecule has 0 rings (SSSR count). The van der Waals surface area contributed by atoms with Gasteiger partial charge >= 0.3 is 63.3 Å². The standard InChI is InChI=1S/C20H36O4.K.H/c1-2-3-4-5-6-7-8-9-10-11-12-13-14-15-16-18(20(23)24)17-19(21)22;;/h15-16,18H,2-14,17H2,1H3,(H,21,22)(H,23,24);;. The second-order valence-electron chi connectivity index (χ2n) is 6.65. The fraction of sp³-hybridized carbons (Fsp3) is 0.800. The van der Waals surface area contributed by atoms with E-state index >= 15 is 0 Å². The molecule has 142 valence electrons. The van der Waals surface area contributed by atoms with E-state index in [4.69, 9.17) is 10.2 Å². The number of carbonyl (C=O) groups is 2. The number of carboxylic acid groups (broad SMARTS) is 2. The van der Waals surface area contributed by atoms with Gasteiger partial charge in [-0.1, -0.05) is 89.7 Å². The van der Waals surface area contributed by atoms with Gasteiger partial charge in [-0.25, -0.2) is 0 Å². The summed E-state index contributed by atoms with van der Waals surface area (Å²) >= 11 is 0. The van der Waals surface area contributed by atoms with Crippen LogP contribution < -0.4 is 0 Å². The first-order chi connectivity index (χ1) is 11.6. The Labute approximate surface area is 196 Å². The molecule has 0 saturated heterocycles. The number of rotatable bonds is 17. The molecule has 25 heavy (non-hydrogen) atoms. The maximum atomic E-state index is 10.9. The van der Waals surface area contributed by atoms with Gasteiger partial charge < -0.3 is 10.2 Å². The zero-order valence-corrected chi connectivity index (χ0v) is 15.3. The molecule has 4 nitrogen and oxygen atoms in total. The minimum atomic E-state index is -1.07. The molecule has 0 aromatic rings. The molecule has 0 heterocycles. The van der Waals surface area contributed by atoms with Gasteiger partial charge in [0.2, 0.25) is 0 Å². The molecule has 0 aromatic heterocycles. The number of hydrogen-bond donors (Lipinski definition) is 2. The Balaban J connectivity index is 0. The topological polar surface area (TPSA) is 74.6 Å². The predicted octanol–water partition coefficient (Wildman–Crippen LogP) is 5.16. The molecule has 0 saturated carbocycles. The Bertz CT molecular complexity index is 356. The van der Waals surface area contributed by atoms with Gasteiger partial charge in [-0.15, -0.1) is 0 Å². The quantitative estimate of drug-likeness (QED) is 0.208. The van der Waals surface area contributed by atoms with Crippen LogP contribution in [0.5, 0.6) is 0 Å². The Morgan fingerprint density at radius 2 is 1.24 bits per heavy atom. The van der Waals surface area contributed by atoms with Crippen LogP contribution in [-0.4, -0.2) is 73.5 Å². The first-order valence-corrected chi connectivity index (χ1v) is 9.69. The van der Waals surface area contributed by atoms with Crippen LogP contribution in [0.1, 0.15) is 96.8 Å². The summed E-state index contributed by atoms with van der Waals surface area (Å²) in [4.78, 5) is 21.5. The summed E-state index contributed by atoms with van der Waals surface area (Å²) in [5.74, 6) is -3.04. The van der Waals surface area contributed by atoms with Gasteiger partial charge in [0, 0.05) is 0 Å². The Morgan fingerprint density at radius 1 is 0.800 bits per heavy atom. The Morgan fingerprint density at radius 3 is 1.64 bits per heavy atom. The summed E-state index contributed by atoms with van der Waals surface area (Å²) in [6, 6.07) is 0. The molecule has 0 aromatic carbocycles. The van der Waals surface area contributed by atoms with Crippen molar-refractivity contribution in [3.8, 4) is 0 Å². The van der Waals surface area contributed by atoms with Crippen LogP contribution in [0.25, 0.3) is 0 Å². The summed E-state index contributed by atoms with van der Waals surface area (Å²) in [6.45, 7) is 2.25. The van der Waals surface area contributed by atoms with Gasteiger partial charge in [0.1, 0.15) is 0 Å². The number of carboxylic acids is 2. The summed E-state index contributed by atoms with van der Waals surface area (Å²) < 4.78 is 0. The van der Waals surface area contributed by atoms with Crippen molar-refractivity contribution in [1.29, 1.82) is 0 Å². The molecular weight excluding hydrogens is 343 g/mol. The number of unbranched alkanes of at least 4 members (excludes halogenated alkanes) is 12. The molecule has 2 N–H and O–H groups in total. The van der Waals surface area contributed by atoms with E-state index in [1.165, 1.54) is 70.3 Å². The van der Waals surface area contributed by atoms with E-state index in [0.29, 0.717) is 0 Å². The molecular formula is C20H37KO4. The third kappa shape index (κ3) is 20.5. The van der Waals surface area contributed by atoms with Gasteiger partial charge in [0.25, 0.3) is 0 Å². The Hall–Kier alpha value is 0.316. The molecule has 0 fully saturated rings. The van der Waals surface area contributed by atoms with E-state index < -0.39 is 17.9 Å². The van der Waals surface area contributed by atoms with Gasteiger partial charge in [0.05, 0.1) is 12.3 Å². The van der Waals surface area contributed by atoms with E-state index in [2.05, 4.69) is 6.92 Å². The predicted molar refractivity (Wildman–Crippen MR) is 105 cm³/mol. The SMILES string of the molecule is CCCCCCCCCCCCCCC=CC(CC(=O)O)C(=O)O.[KH]. The van der Waals surface area contributed by atoms with Crippen molar-refractivity contribution >= 4 is 63.3 Å². The summed E-state index contributed by atoms with van der Waals surface area (Å²) in [6.07, 6.45) is 19.4. The molecule has 0 radical (unpaired) electrons. The van der Waals surface area contributed by atoms with Gasteiger partial charge in [-0.2, -0.15) is 0 Å². The van der Waals surface area contributed by atoms with Crippen molar-refractivity contribution in [2.24, 2.45) is 5.92 Å². The van der Waals surface area contributed by atoms with Crippen LogP contribution in [0.15, 0.2) is 12.2 Å². The van der Waals surface area contributed by atoms with Gasteiger partial charge in [-0.3, -0.25) is 9.59 Å². The van der Waals surface area contributed by atoms with E-state index in [9.17, 15) is 9.59 Å². The zero-order chi connectivity index (χ0) is 18.0. The van der Waals surface area contributed by atoms with E-state index in [0.717, 1.165) is 19.3 Å². The van der Waals surface area contributed by atoms with Gasteiger partial charge in [0.15, 0.2) is 0 Å². The van der Waals surface area contributed by atoms with Crippen LogP contribution in [0, 0.1) is 5.92 Å². The maximum absolute atomic E-state index is 10.9. The third-order valence-electron chi connectivity index (χ3n) is 4.30. The monoisotopic (exact) mass is 380 g/mol. The molecule has 0 aliphatic carbocycles. The molecule has 0 aliphatic heterocycles. The molecule has 0 spiro atoms. The van der Waals surface area contributed by atoms with Crippen molar-refractivity contribution in [3.05, 3.63) is 12.2 Å². The molecule has 0 bridgehead atoms. The molecule has 1 unspecified atom stereocenters. The summed E-state index contributed by atoms with van der Waals surface area (Å²) in [5.41, 5.74) is 0. The minimum absolute atomic E-state index is 0. The number of hydrogen-bond acceptors (Lipinski definition) is 2. The van der Waals surface area contributed by atoms with Crippen LogP contribution in [0.4, 0.5) is 0 Å². The van der Waals surface area contributed by atoms with Crippen LogP contribution in [-0.2, 0) is 9.59 Å². The van der Waals surface area contributed by atoms with Crippen LogP contribution in [0.3, 0.4) is 0 Å². The van der Waals surface area contributed by atoms with Crippen molar-refractivity contribution < 1.29 is 19.8 Å². The summed E-state index contributed by atoms with van der Waals surface area (Å²) in [7, 11) is 0. The zero-order valence-electron chi connectivity index (χ0n) is 15.3. The first-order valence-electron chi connectivity index (χ1n) is 9.69. The average molecular weight is 381 g/mol. The fourth-order valence-electron chi connectivity index (χ4n) is 2.79. The van der Waals surface area contributed by atoms with Crippen molar-refractivity contribution in [1.82, 2.24) is 0 Å². The van der Waals surface area contributed by atoms with Crippen LogP contribution >= 0.6 is 0 Å².